The van der Waals surface area contributed by atoms with Gasteiger partial charge in [0.25, 0.3) is 9.84 Å². The van der Waals surface area contributed by atoms with Crippen molar-refractivity contribution in [3.63, 3.8) is 0 Å². The highest BCUT2D eigenvalue weighted by Crippen LogP contribution is 2.36. The van der Waals surface area contributed by atoms with Crippen LogP contribution in [0.2, 0.25) is 0 Å². The van der Waals surface area contributed by atoms with E-state index in [0.29, 0.717) is 4.31 Å². The number of nitrogens with zero attached hydrogens (tertiary/aromatic N) is 2. The van der Waals surface area contributed by atoms with Gasteiger partial charge in [-0.2, -0.15) is 4.31 Å². The quantitative estimate of drug-likeness (QED) is 0.558. The number of rotatable bonds is 5. The summed E-state index contributed by atoms with van der Waals surface area (Å²) in [4.78, 5) is 7.99. The van der Waals surface area contributed by atoms with Crippen LogP contribution in [0.1, 0.15) is 0 Å². The lowest BCUT2D eigenvalue weighted by Gasteiger charge is -2.34. The summed E-state index contributed by atoms with van der Waals surface area (Å²) in [7, 11) is -7.28. The van der Waals surface area contributed by atoms with E-state index in [-0.39, 0.29) is 4.90 Å². The lowest BCUT2D eigenvalue weighted by atomic mass is 10.0. The van der Waals surface area contributed by atoms with Crippen LogP contribution in [0.15, 0.2) is 59.5 Å². The fourth-order valence-electron chi connectivity index (χ4n) is 2.49. The minimum Gasteiger partial charge on any atom is -0.262 e. The predicted molar refractivity (Wildman–Crippen MR) is 88.0 cm³/mol. The Hall–Kier alpha value is -2.04. The first-order chi connectivity index (χ1) is 11.0. The maximum atomic E-state index is 13.0. The second kappa shape index (κ2) is 6.11. The van der Waals surface area contributed by atoms with E-state index in [4.69, 9.17) is 0 Å². The van der Waals surface area contributed by atoms with E-state index >= 15 is 0 Å². The monoisotopic (exact) mass is 372 g/mol. The van der Waals surface area contributed by atoms with Crippen LogP contribution in [0.5, 0.6) is 0 Å². The highest BCUT2D eigenvalue weighted by atomic mass is 32.2. The standard InChI is InChI=1S/C14H16N2O6S2/c1-15(23(2,19)20)13-10-6-7-11-14(13,16(17)18)24(21,22)12-8-4-3-5-9-12/h3-11,13H,1-2H3. The maximum absolute atomic E-state index is 13.0. The number of sulfonamides is 1. The second-order valence-corrected chi connectivity index (χ2v) is 9.47. The fourth-order valence-corrected chi connectivity index (χ4v) is 5.10. The predicted octanol–water partition coefficient (Wildman–Crippen LogP) is 0.819. The molecule has 1 aromatic carbocycles. The highest BCUT2D eigenvalue weighted by Gasteiger charge is 2.62. The van der Waals surface area contributed by atoms with E-state index in [9.17, 15) is 26.9 Å². The van der Waals surface area contributed by atoms with Gasteiger partial charge in [-0.05, 0) is 12.1 Å². The van der Waals surface area contributed by atoms with Crippen LogP contribution in [-0.4, -0.2) is 50.3 Å². The molecule has 2 atom stereocenters. The van der Waals surface area contributed by atoms with Crippen molar-refractivity contribution in [3.8, 4) is 0 Å². The van der Waals surface area contributed by atoms with E-state index in [1.807, 2.05) is 0 Å². The first-order valence-electron chi connectivity index (χ1n) is 6.78. The van der Waals surface area contributed by atoms with Gasteiger partial charge in [-0.1, -0.05) is 36.4 Å². The molecule has 0 N–H and O–H groups in total. The molecule has 1 aliphatic carbocycles. The van der Waals surface area contributed by atoms with Crippen LogP contribution in [0.25, 0.3) is 0 Å². The molecule has 0 amide bonds. The van der Waals surface area contributed by atoms with E-state index in [2.05, 4.69) is 0 Å². The Balaban J connectivity index is 2.77. The van der Waals surface area contributed by atoms with Crippen molar-refractivity contribution in [2.24, 2.45) is 0 Å². The molecule has 24 heavy (non-hydrogen) atoms. The van der Waals surface area contributed by atoms with Crippen LogP contribution in [0.4, 0.5) is 0 Å². The number of benzene rings is 1. The minimum absolute atomic E-state index is 0.256. The molecule has 0 spiro atoms. The van der Waals surface area contributed by atoms with E-state index in [0.717, 1.165) is 19.4 Å². The summed E-state index contributed by atoms with van der Waals surface area (Å²) < 4.78 is 50.5. The molecule has 8 nitrogen and oxygen atoms in total. The van der Waals surface area contributed by atoms with Crippen molar-refractivity contribution in [1.82, 2.24) is 4.31 Å². The molecule has 2 rings (SSSR count). The van der Waals surface area contributed by atoms with Crippen molar-refractivity contribution in [3.05, 3.63) is 64.8 Å². The van der Waals surface area contributed by atoms with Gasteiger partial charge in [-0.25, -0.2) is 16.8 Å². The summed E-state index contributed by atoms with van der Waals surface area (Å²) >= 11 is 0. The molecule has 1 aromatic rings. The second-order valence-electron chi connectivity index (χ2n) is 5.29. The van der Waals surface area contributed by atoms with Gasteiger partial charge in [-0.15, -0.1) is 0 Å². The van der Waals surface area contributed by atoms with Gasteiger partial charge >= 0.3 is 4.87 Å². The van der Waals surface area contributed by atoms with E-state index in [1.54, 1.807) is 6.07 Å². The van der Waals surface area contributed by atoms with Gasteiger partial charge in [0.1, 0.15) is 6.04 Å². The molecule has 0 bridgehead atoms. The average Bonchev–Trinajstić information content (AvgIpc) is 2.53. The zero-order valence-electron chi connectivity index (χ0n) is 12.9. The Bertz CT molecular complexity index is 906. The SMILES string of the molecule is CN(C1C=CC=CC1([N+](=O)[O-])S(=O)(=O)c1ccccc1)S(C)(=O)=O. The van der Waals surface area contributed by atoms with Gasteiger partial charge in [0.05, 0.1) is 11.2 Å². The molecule has 0 fully saturated rings. The van der Waals surface area contributed by atoms with Crippen molar-refractivity contribution in [2.45, 2.75) is 15.8 Å². The Morgan fingerprint density at radius 1 is 1.12 bits per heavy atom. The van der Waals surface area contributed by atoms with Gasteiger partial charge in [0.2, 0.25) is 10.0 Å². The number of nitro groups is 1. The van der Waals surface area contributed by atoms with Crippen LogP contribution < -0.4 is 0 Å². The maximum Gasteiger partial charge on any atom is 0.361 e. The smallest absolute Gasteiger partial charge is 0.262 e. The molecule has 0 saturated carbocycles. The van der Waals surface area contributed by atoms with Crippen LogP contribution in [0, 0.1) is 10.1 Å². The Labute approximate surface area is 140 Å². The van der Waals surface area contributed by atoms with Crippen molar-refractivity contribution in [1.29, 1.82) is 0 Å². The average molecular weight is 372 g/mol. The summed E-state index contributed by atoms with van der Waals surface area (Å²) in [5.74, 6) is 0. The molecule has 2 unspecified atom stereocenters. The van der Waals surface area contributed by atoms with Crippen LogP contribution in [0.3, 0.4) is 0 Å². The third-order valence-corrected chi connectivity index (χ3v) is 7.40. The van der Waals surface area contributed by atoms with Crippen molar-refractivity contribution < 1.29 is 21.8 Å². The zero-order valence-corrected chi connectivity index (χ0v) is 14.6. The van der Waals surface area contributed by atoms with E-state index < -0.39 is 35.7 Å². The Morgan fingerprint density at radius 2 is 1.71 bits per heavy atom. The molecular weight excluding hydrogens is 356 g/mol. The highest BCUT2D eigenvalue weighted by molar-refractivity contribution is 7.93. The molecule has 0 aromatic heterocycles. The molecule has 0 heterocycles. The zero-order chi connectivity index (χ0) is 18.2. The topological polar surface area (TPSA) is 115 Å². The minimum atomic E-state index is -4.52. The van der Waals surface area contributed by atoms with E-state index in [1.165, 1.54) is 42.5 Å². The number of hydrogen-bond donors (Lipinski definition) is 0. The number of allylic oxidation sites excluding steroid dienone is 2. The Kier molecular flexibility index (Phi) is 4.66. The lowest BCUT2D eigenvalue weighted by molar-refractivity contribution is -0.531. The van der Waals surface area contributed by atoms with Gasteiger partial charge in [0, 0.05) is 18.0 Å². The third kappa shape index (κ3) is 2.76. The van der Waals surface area contributed by atoms with Gasteiger partial charge < -0.3 is 0 Å². The molecular formula is C14H16N2O6S2. The molecule has 0 radical (unpaired) electrons. The number of hydrogen-bond acceptors (Lipinski definition) is 6. The molecule has 0 aliphatic heterocycles. The summed E-state index contributed by atoms with van der Waals surface area (Å²) in [5.41, 5.74) is 0. The van der Waals surface area contributed by atoms with Crippen molar-refractivity contribution >= 4 is 19.9 Å². The summed E-state index contributed by atoms with van der Waals surface area (Å²) in [6.07, 6.45) is 5.59. The molecule has 1 aliphatic rings. The van der Waals surface area contributed by atoms with Gasteiger partial charge in [-0.3, -0.25) is 10.1 Å². The third-order valence-electron chi connectivity index (χ3n) is 3.85. The molecule has 130 valence electrons. The summed E-state index contributed by atoms with van der Waals surface area (Å²) in [6.45, 7) is 0. The normalized spacial score (nSPS) is 24.2. The van der Waals surface area contributed by atoms with Gasteiger partial charge in [0.15, 0.2) is 0 Å². The number of sulfone groups is 1. The summed E-state index contributed by atoms with van der Waals surface area (Å²) in [5, 5.41) is 11.9. The van der Waals surface area contributed by atoms with Crippen LogP contribution in [-0.2, 0) is 19.9 Å². The van der Waals surface area contributed by atoms with Crippen molar-refractivity contribution in [2.75, 3.05) is 13.3 Å². The molecule has 0 saturated heterocycles. The first kappa shape index (κ1) is 18.3. The molecule has 10 heteroatoms. The lowest BCUT2D eigenvalue weighted by Crippen LogP contribution is -2.60. The Morgan fingerprint density at radius 3 is 2.21 bits per heavy atom. The van der Waals surface area contributed by atoms with Crippen LogP contribution >= 0.6 is 0 Å². The summed E-state index contributed by atoms with van der Waals surface area (Å²) in [6, 6.07) is 5.43. The first-order valence-corrected chi connectivity index (χ1v) is 10.1. The number of likely N-dealkylation sites (N-methyl/N-ethyl adjacent to an activating group) is 1. The fraction of sp³-hybridized carbons (Fsp3) is 0.286. The largest absolute Gasteiger partial charge is 0.361 e.